The number of esters is 1. The van der Waals surface area contributed by atoms with Gasteiger partial charge >= 0.3 is 5.97 Å². The maximum Gasteiger partial charge on any atom is 0.327 e. The molecule has 0 saturated carbocycles. The molecule has 0 aromatic heterocycles. The number of ether oxygens (including phenoxy) is 1. The lowest BCUT2D eigenvalue weighted by molar-refractivity contribution is -0.146. The summed E-state index contributed by atoms with van der Waals surface area (Å²) in [6.07, 6.45) is -0.665. The number of Topliss-reactive ketones (excluding diaryl/α,β-unsaturated/α-hetero) is 1. The molecule has 0 bridgehead atoms. The first-order chi connectivity index (χ1) is 14.1. The van der Waals surface area contributed by atoms with Crippen molar-refractivity contribution in [3.63, 3.8) is 0 Å². The van der Waals surface area contributed by atoms with Gasteiger partial charge in [-0.2, -0.15) is 0 Å². The molecule has 3 aromatic rings. The van der Waals surface area contributed by atoms with E-state index in [4.69, 9.17) is 4.74 Å². The Hall–Kier alpha value is -3.73. The van der Waals surface area contributed by atoms with Gasteiger partial charge < -0.3 is 10.1 Å². The molecule has 3 aromatic carbocycles. The first-order valence-corrected chi connectivity index (χ1v) is 9.36. The molecule has 1 N–H and O–H groups in total. The summed E-state index contributed by atoms with van der Waals surface area (Å²) in [5.74, 6) is -3.40. The number of hydrogen-bond acceptors (Lipinski definition) is 4. The molecule has 1 amide bonds. The Morgan fingerprint density at radius 2 is 1.38 bits per heavy atom. The van der Waals surface area contributed by atoms with E-state index < -0.39 is 29.7 Å². The molecule has 5 nitrogen and oxygen atoms in total. The number of cyclic esters (lactones) is 1. The van der Waals surface area contributed by atoms with Crippen molar-refractivity contribution in [3.8, 4) is 11.1 Å². The maximum absolute atomic E-state index is 12.6. The van der Waals surface area contributed by atoms with Gasteiger partial charge in [0.15, 0.2) is 17.8 Å². The highest BCUT2D eigenvalue weighted by Gasteiger charge is 2.47. The zero-order chi connectivity index (χ0) is 20.2. The zero-order valence-electron chi connectivity index (χ0n) is 15.6. The second kappa shape index (κ2) is 8.10. The fourth-order valence-corrected chi connectivity index (χ4v) is 3.37. The van der Waals surface area contributed by atoms with Gasteiger partial charge in [-0.1, -0.05) is 72.8 Å². The molecule has 0 spiro atoms. The van der Waals surface area contributed by atoms with Crippen LogP contribution in [0.3, 0.4) is 0 Å². The van der Waals surface area contributed by atoms with Gasteiger partial charge in [0, 0.05) is 12.1 Å². The summed E-state index contributed by atoms with van der Waals surface area (Å²) in [4.78, 5) is 37.3. The molecule has 144 valence electrons. The molecule has 1 fully saturated rings. The van der Waals surface area contributed by atoms with Crippen LogP contribution in [0.1, 0.15) is 5.56 Å². The smallest absolute Gasteiger partial charge is 0.327 e. The lowest BCUT2D eigenvalue weighted by Crippen LogP contribution is -2.33. The van der Waals surface area contributed by atoms with Crippen LogP contribution in [0.5, 0.6) is 0 Å². The first kappa shape index (κ1) is 18.6. The lowest BCUT2D eigenvalue weighted by atomic mass is 9.98. The molecule has 0 aliphatic carbocycles. The van der Waals surface area contributed by atoms with Crippen molar-refractivity contribution < 1.29 is 19.1 Å². The Kier molecular flexibility index (Phi) is 5.20. The van der Waals surface area contributed by atoms with Gasteiger partial charge in [0.1, 0.15) is 0 Å². The summed E-state index contributed by atoms with van der Waals surface area (Å²) in [5.41, 5.74) is 3.45. The highest BCUT2D eigenvalue weighted by Crippen LogP contribution is 2.24. The highest BCUT2D eigenvalue weighted by molar-refractivity contribution is 6.24. The molecule has 29 heavy (non-hydrogen) atoms. The third kappa shape index (κ3) is 4.09. The quantitative estimate of drug-likeness (QED) is 0.538. The summed E-state index contributed by atoms with van der Waals surface area (Å²) in [5, 5.41) is 2.65. The van der Waals surface area contributed by atoms with Crippen molar-refractivity contribution in [2.24, 2.45) is 5.92 Å². The fourth-order valence-electron chi connectivity index (χ4n) is 3.37. The van der Waals surface area contributed by atoms with E-state index in [9.17, 15) is 14.4 Å². The van der Waals surface area contributed by atoms with Gasteiger partial charge in [-0.05, 0) is 28.8 Å². The number of rotatable bonds is 5. The van der Waals surface area contributed by atoms with Gasteiger partial charge in [-0.25, -0.2) is 0 Å². The van der Waals surface area contributed by atoms with E-state index in [1.807, 2.05) is 72.8 Å². The van der Waals surface area contributed by atoms with E-state index in [-0.39, 0.29) is 6.42 Å². The largest absolute Gasteiger partial charge is 0.453 e. The Morgan fingerprint density at radius 3 is 2.03 bits per heavy atom. The SMILES string of the molecule is O=C(Nc1ccc(-c2ccccc2)cc1)C1C(=O)OC(Cc2ccccc2)C1=O. The molecule has 0 radical (unpaired) electrons. The molecular formula is C24H19NO4. The summed E-state index contributed by atoms with van der Waals surface area (Å²) in [6.45, 7) is 0. The van der Waals surface area contributed by atoms with Gasteiger partial charge in [-0.3, -0.25) is 14.4 Å². The van der Waals surface area contributed by atoms with E-state index >= 15 is 0 Å². The van der Waals surface area contributed by atoms with Crippen molar-refractivity contribution in [2.75, 3.05) is 5.32 Å². The van der Waals surface area contributed by atoms with Crippen LogP contribution in [0.25, 0.3) is 11.1 Å². The minimum absolute atomic E-state index is 0.265. The number of carbonyl (C=O) groups is 3. The van der Waals surface area contributed by atoms with E-state index in [2.05, 4.69) is 5.32 Å². The number of amides is 1. The molecule has 4 rings (SSSR count). The average Bonchev–Trinajstić information content (AvgIpc) is 3.03. The van der Waals surface area contributed by atoms with Crippen molar-refractivity contribution >= 4 is 23.3 Å². The van der Waals surface area contributed by atoms with Crippen molar-refractivity contribution in [3.05, 3.63) is 90.5 Å². The molecule has 2 unspecified atom stereocenters. The van der Waals surface area contributed by atoms with Gasteiger partial charge in [-0.15, -0.1) is 0 Å². The van der Waals surface area contributed by atoms with Gasteiger partial charge in [0.05, 0.1) is 0 Å². The Morgan fingerprint density at radius 1 is 0.793 bits per heavy atom. The highest BCUT2D eigenvalue weighted by atomic mass is 16.6. The lowest BCUT2D eigenvalue weighted by Gasteiger charge is -2.09. The molecule has 1 aliphatic rings. The molecule has 5 heteroatoms. The molecule has 1 saturated heterocycles. The number of anilines is 1. The second-order valence-corrected chi connectivity index (χ2v) is 6.88. The van der Waals surface area contributed by atoms with E-state index in [1.165, 1.54) is 0 Å². The predicted molar refractivity (Wildman–Crippen MR) is 109 cm³/mol. The van der Waals surface area contributed by atoms with Crippen LogP contribution in [0.4, 0.5) is 5.69 Å². The molecule has 2 atom stereocenters. The Labute approximate surface area is 168 Å². The van der Waals surface area contributed by atoms with Crippen molar-refractivity contribution in [2.45, 2.75) is 12.5 Å². The second-order valence-electron chi connectivity index (χ2n) is 6.88. The maximum atomic E-state index is 12.6. The normalized spacial score (nSPS) is 18.3. The number of ketones is 1. The fraction of sp³-hybridized carbons (Fsp3) is 0.125. The summed E-state index contributed by atoms with van der Waals surface area (Å²) in [6, 6.07) is 26.3. The van der Waals surface area contributed by atoms with Crippen LogP contribution in [-0.2, 0) is 25.5 Å². The van der Waals surface area contributed by atoms with Crippen LogP contribution in [0, 0.1) is 5.92 Å². The summed E-state index contributed by atoms with van der Waals surface area (Å²) >= 11 is 0. The first-order valence-electron chi connectivity index (χ1n) is 9.36. The molecule has 1 aliphatic heterocycles. The molecular weight excluding hydrogens is 366 g/mol. The minimum atomic E-state index is -1.43. The Bertz CT molecular complexity index is 1030. The summed E-state index contributed by atoms with van der Waals surface area (Å²) < 4.78 is 5.18. The average molecular weight is 385 g/mol. The van der Waals surface area contributed by atoms with Crippen molar-refractivity contribution in [1.82, 2.24) is 0 Å². The standard InChI is InChI=1S/C24H19NO4/c26-22-20(15-16-7-3-1-4-8-16)29-24(28)21(22)23(27)25-19-13-11-18(12-14-19)17-9-5-2-6-10-17/h1-14,20-21H,15H2,(H,25,27). The number of hydrogen-bond donors (Lipinski definition) is 1. The molecule has 1 heterocycles. The van der Waals surface area contributed by atoms with Crippen molar-refractivity contribution in [1.29, 1.82) is 0 Å². The monoisotopic (exact) mass is 385 g/mol. The number of nitrogens with one attached hydrogen (secondary N) is 1. The minimum Gasteiger partial charge on any atom is -0.453 e. The van der Waals surface area contributed by atoms with Crippen LogP contribution in [0.2, 0.25) is 0 Å². The van der Waals surface area contributed by atoms with Crippen LogP contribution >= 0.6 is 0 Å². The van der Waals surface area contributed by atoms with Crippen LogP contribution in [0.15, 0.2) is 84.9 Å². The third-order valence-corrected chi connectivity index (χ3v) is 4.88. The van der Waals surface area contributed by atoms with Crippen LogP contribution < -0.4 is 5.32 Å². The van der Waals surface area contributed by atoms with Gasteiger partial charge in [0.2, 0.25) is 5.91 Å². The number of benzene rings is 3. The van der Waals surface area contributed by atoms with Gasteiger partial charge in [0.25, 0.3) is 0 Å². The zero-order valence-corrected chi connectivity index (χ0v) is 15.6. The van der Waals surface area contributed by atoms with E-state index in [1.54, 1.807) is 12.1 Å². The topological polar surface area (TPSA) is 72.5 Å². The Balaban J connectivity index is 1.43. The predicted octanol–water partition coefficient (Wildman–Crippen LogP) is 3.65. The number of carbonyl (C=O) groups excluding carboxylic acids is 3. The summed E-state index contributed by atoms with van der Waals surface area (Å²) in [7, 11) is 0. The third-order valence-electron chi connectivity index (χ3n) is 4.88. The van der Waals surface area contributed by atoms with Crippen LogP contribution in [-0.4, -0.2) is 23.8 Å². The van der Waals surface area contributed by atoms with E-state index in [0.29, 0.717) is 5.69 Å². The van der Waals surface area contributed by atoms with E-state index in [0.717, 1.165) is 16.7 Å².